The lowest BCUT2D eigenvalue weighted by atomic mass is 10.2. The van der Waals surface area contributed by atoms with E-state index in [9.17, 15) is 8.42 Å². The molecule has 3 nitrogen and oxygen atoms in total. The van der Waals surface area contributed by atoms with E-state index in [2.05, 4.69) is 6.58 Å². The second kappa shape index (κ2) is 6.41. The van der Waals surface area contributed by atoms with Gasteiger partial charge in [0, 0.05) is 5.56 Å². The molecular weight excluding hydrogens is 284 g/mol. The maximum atomic E-state index is 12.6. The summed E-state index contributed by atoms with van der Waals surface area (Å²) in [4.78, 5) is 0.379. The molecule has 0 N–H and O–H groups in total. The second-order valence-electron chi connectivity index (χ2n) is 4.31. The zero-order valence-corrected chi connectivity index (χ0v) is 12.5. The van der Waals surface area contributed by atoms with Gasteiger partial charge in [0.25, 0.3) is 0 Å². The van der Waals surface area contributed by atoms with E-state index in [0.29, 0.717) is 11.3 Å². The summed E-state index contributed by atoms with van der Waals surface area (Å²) in [7, 11) is -2.04. The molecular formula is C17H16O3S. The van der Waals surface area contributed by atoms with Gasteiger partial charge in [-0.1, -0.05) is 49.1 Å². The minimum absolute atomic E-state index is 0.137. The van der Waals surface area contributed by atoms with Gasteiger partial charge in [0.2, 0.25) is 9.84 Å². The molecule has 0 amide bonds. The molecule has 21 heavy (non-hydrogen) atoms. The van der Waals surface area contributed by atoms with Crippen LogP contribution in [0.3, 0.4) is 0 Å². The molecule has 0 bridgehead atoms. The Hall–Kier alpha value is -2.33. The lowest BCUT2D eigenvalue weighted by Gasteiger charge is -2.08. The zero-order chi connectivity index (χ0) is 15.3. The first kappa shape index (κ1) is 15.1. The number of hydrogen-bond donors (Lipinski definition) is 0. The Kier molecular flexibility index (Phi) is 4.60. The first-order valence-corrected chi connectivity index (χ1v) is 7.85. The van der Waals surface area contributed by atoms with E-state index >= 15 is 0 Å². The van der Waals surface area contributed by atoms with Crippen LogP contribution in [0.5, 0.6) is 5.75 Å². The van der Waals surface area contributed by atoms with Crippen molar-refractivity contribution in [2.24, 2.45) is 0 Å². The molecule has 0 fully saturated rings. The summed E-state index contributed by atoms with van der Waals surface area (Å²) in [6.07, 6.45) is 2.91. The second-order valence-corrected chi connectivity index (χ2v) is 6.26. The van der Waals surface area contributed by atoms with Crippen molar-refractivity contribution in [3.63, 3.8) is 0 Å². The lowest BCUT2D eigenvalue weighted by molar-refractivity contribution is 0.414. The Balaban J connectivity index is 2.54. The standard InChI is InChI=1S/C17H16O3S/c1-3-15(13-14-9-7-8-12-17(14)20-2)21(18,19)16-10-5-4-6-11-16/h3-13H,1H2,2H3/b15-13+. The fraction of sp³-hybridized carbons (Fsp3) is 0.0588. The normalized spacial score (nSPS) is 12.0. The van der Waals surface area contributed by atoms with Crippen molar-refractivity contribution in [1.82, 2.24) is 0 Å². The highest BCUT2D eigenvalue weighted by atomic mass is 32.2. The van der Waals surface area contributed by atoms with Crippen LogP contribution < -0.4 is 4.74 Å². The van der Waals surface area contributed by atoms with Gasteiger partial charge in [-0.3, -0.25) is 0 Å². The van der Waals surface area contributed by atoms with Crippen LogP contribution in [0, 0.1) is 0 Å². The maximum Gasteiger partial charge on any atom is 0.206 e. The van der Waals surface area contributed by atoms with Crippen LogP contribution in [0.15, 0.2) is 77.1 Å². The van der Waals surface area contributed by atoms with E-state index in [0.717, 1.165) is 0 Å². The van der Waals surface area contributed by atoms with Gasteiger partial charge < -0.3 is 4.74 Å². The first-order valence-electron chi connectivity index (χ1n) is 6.37. The SMILES string of the molecule is C=C/C(=C\c1ccccc1OC)S(=O)(=O)c1ccccc1. The van der Waals surface area contributed by atoms with Gasteiger partial charge >= 0.3 is 0 Å². The van der Waals surface area contributed by atoms with Crippen molar-refractivity contribution in [3.05, 3.63) is 77.7 Å². The fourth-order valence-corrected chi connectivity index (χ4v) is 3.21. The molecule has 4 heteroatoms. The Bertz CT molecular complexity index is 760. The summed E-state index contributed by atoms with van der Waals surface area (Å²) < 4.78 is 30.4. The van der Waals surface area contributed by atoms with Crippen molar-refractivity contribution < 1.29 is 13.2 Å². The molecule has 0 saturated carbocycles. The average molecular weight is 300 g/mol. The number of rotatable bonds is 5. The molecule has 0 aliphatic carbocycles. The predicted molar refractivity (Wildman–Crippen MR) is 84.8 cm³/mol. The summed E-state index contributed by atoms with van der Waals surface area (Å²) in [6.45, 7) is 3.62. The van der Waals surface area contributed by atoms with Gasteiger partial charge in [-0.15, -0.1) is 0 Å². The van der Waals surface area contributed by atoms with Crippen LogP contribution in [0.4, 0.5) is 0 Å². The number of allylic oxidation sites excluding steroid dienone is 1. The molecule has 108 valence electrons. The minimum atomic E-state index is -3.59. The van der Waals surface area contributed by atoms with E-state index < -0.39 is 9.84 Å². The van der Waals surface area contributed by atoms with Crippen LogP contribution >= 0.6 is 0 Å². The van der Waals surface area contributed by atoms with Gasteiger partial charge in [-0.25, -0.2) is 8.42 Å². The van der Waals surface area contributed by atoms with Gasteiger partial charge in [0.15, 0.2) is 0 Å². The van der Waals surface area contributed by atoms with E-state index in [1.165, 1.54) is 6.08 Å². The summed E-state index contributed by atoms with van der Waals surface area (Å²) >= 11 is 0. The maximum absolute atomic E-state index is 12.6. The van der Waals surface area contributed by atoms with Crippen LogP contribution in [-0.4, -0.2) is 15.5 Å². The molecule has 0 heterocycles. The topological polar surface area (TPSA) is 43.4 Å². The summed E-state index contributed by atoms with van der Waals surface area (Å²) in [5, 5.41) is 0. The van der Waals surface area contributed by atoms with Gasteiger partial charge in [0.1, 0.15) is 5.75 Å². The third-order valence-electron chi connectivity index (χ3n) is 3.00. The van der Waals surface area contributed by atoms with Crippen molar-refractivity contribution >= 4 is 15.9 Å². The highest BCUT2D eigenvalue weighted by Crippen LogP contribution is 2.26. The molecule has 2 aromatic carbocycles. The number of para-hydroxylation sites is 1. The van der Waals surface area contributed by atoms with Crippen LogP contribution in [0.2, 0.25) is 0 Å². The Morgan fingerprint density at radius 1 is 1.05 bits per heavy atom. The number of ether oxygens (including phenoxy) is 1. The van der Waals surface area contributed by atoms with Crippen molar-refractivity contribution in [2.75, 3.05) is 7.11 Å². The molecule has 2 aromatic rings. The van der Waals surface area contributed by atoms with Crippen LogP contribution in [0.1, 0.15) is 5.56 Å². The largest absolute Gasteiger partial charge is 0.496 e. The molecule has 0 spiro atoms. The van der Waals surface area contributed by atoms with E-state index in [1.54, 1.807) is 55.7 Å². The summed E-state index contributed by atoms with van der Waals surface area (Å²) in [5.41, 5.74) is 0.689. The van der Waals surface area contributed by atoms with Crippen LogP contribution in [-0.2, 0) is 9.84 Å². The predicted octanol–water partition coefficient (Wildman–Crippen LogP) is 3.70. The van der Waals surface area contributed by atoms with Crippen molar-refractivity contribution in [1.29, 1.82) is 0 Å². The minimum Gasteiger partial charge on any atom is -0.496 e. The summed E-state index contributed by atoms with van der Waals surface area (Å²) in [6, 6.07) is 15.5. The number of benzene rings is 2. The third-order valence-corrected chi connectivity index (χ3v) is 4.80. The molecule has 0 atom stereocenters. The molecule has 0 radical (unpaired) electrons. The molecule has 0 saturated heterocycles. The number of hydrogen-bond acceptors (Lipinski definition) is 3. The monoisotopic (exact) mass is 300 g/mol. The van der Waals surface area contributed by atoms with Gasteiger partial charge in [-0.05, 0) is 24.3 Å². The van der Waals surface area contributed by atoms with Crippen molar-refractivity contribution in [3.8, 4) is 5.75 Å². The molecule has 2 rings (SSSR count). The van der Waals surface area contributed by atoms with Gasteiger partial charge in [0.05, 0.1) is 16.9 Å². The summed E-state index contributed by atoms with van der Waals surface area (Å²) in [5.74, 6) is 0.611. The third kappa shape index (κ3) is 3.23. The van der Waals surface area contributed by atoms with Crippen LogP contribution in [0.25, 0.3) is 6.08 Å². The highest BCUT2D eigenvalue weighted by Gasteiger charge is 2.18. The molecule has 0 aliphatic rings. The fourth-order valence-electron chi connectivity index (χ4n) is 1.92. The smallest absolute Gasteiger partial charge is 0.206 e. The zero-order valence-electron chi connectivity index (χ0n) is 11.7. The van der Waals surface area contributed by atoms with E-state index in [-0.39, 0.29) is 9.80 Å². The highest BCUT2D eigenvalue weighted by molar-refractivity contribution is 7.95. The van der Waals surface area contributed by atoms with E-state index in [1.807, 2.05) is 12.1 Å². The number of sulfone groups is 1. The lowest BCUT2D eigenvalue weighted by Crippen LogP contribution is -2.03. The quantitative estimate of drug-likeness (QED) is 0.791. The Morgan fingerprint density at radius 3 is 2.29 bits per heavy atom. The first-order chi connectivity index (χ1) is 10.1. The molecule has 0 aromatic heterocycles. The van der Waals surface area contributed by atoms with Crippen molar-refractivity contribution in [2.45, 2.75) is 4.90 Å². The Labute approximate surface area is 125 Å². The molecule has 0 aliphatic heterocycles. The molecule has 0 unspecified atom stereocenters. The average Bonchev–Trinajstić information content (AvgIpc) is 2.53. The van der Waals surface area contributed by atoms with E-state index in [4.69, 9.17) is 4.74 Å². The van der Waals surface area contributed by atoms with Gasteiger partial charge in [-0.2, -0.15) is 0 Å². The Morgan fingerprint density at radius 2 is 1.67 bits per heavy atom. The number of methoxy groups -OCH3 is 1.